The van der Waals surface area contributed by atoms with Crippen LogP contribution in [0.15, 0.2) is 0 Å². The first-order valence-electron chi connectivity index (χ1n) is 6.75. The molecule has 0 radical (unpaired) electrons. The first-order chi connectivity index (χ1) is 10.2. The Hall–Kier alpha value is -1.08. The van der Waals surface area contributed by atoms with Crippen molar-refractivity contribution >= 4 is 34.8 Å². The molecule has 0 spiro atoms. The maximum Gasteiger partial charge on any atom is 0.391 e. The molecule has 2 rings (SSSR count). The van der Waals surface area contributed by atoms with E-state index in [1.54, 1.807) is 6.92 Å². The minimum atomic E-state index is -4.20. The van der Waals surface area contributed by atoms with Crippen LogP contribution in [0.5, 0.6) is 0 Å². The molecular formula is C13H14Cl2F3N3O. The van der Waals surface area contributed by atoms with Crippen molar-refractivity contribution in [2.24, 2.45) is 11.8 Å². The smallest absolute Gasteiger partial charge is 0.321 e. The van der Waals surface area contributed by atoms with E-state index in [4.69, 9.17) is 23.2 Å². The molecule has 22 heavy (non-hydrogen) atoms. The maximum absolute atomic E-state index is 12.6. The first-order valence-corrected chi connectivity index (χ1v) is 7.51. The predicted molar refractivity (Wildman–Crippen MR) is 76.9 cm³/mol. The second-order valence-electron chi connectivity index (χ2n) is 5.31. The topological polar surface area (TPSA) is 54.9 Å². The Balaban J connectivity index is 2.00. The first kappa shape index (κ1) is 17.3. The Morgan fingerprint density at radius 1 is 1.14 bits per heavy atom. The number of halogens is 5. The number of nitrogens with zero attached hydrogens (tertiary/aromatic N) is 2. The molecule has 1 heterocycles. The zero-order valence-corrected chi connectivity index (χ0v) is 13.2. The van der Waals surface area contributed by atoms with Gasteiger partial charge in [0.1, 0.15) is 11.5 Å². The van der Waals surface area contributed by atoms with Gasteiger partial charge in [0.2, 0.25) is 5.91 Å². The molecule has 1 aliphatic rings. The summed E-state index contributed by atoms with van der Waals surface area (Å²) >= 11 is 11.8. The van der Waals surface area contributed by atoms with E-state index in [2.05, 4.69) is 15.3 Å². The molecular weight excluding hydrogens is 342 g/mol. The van der Waals surface area contributed by atoms with Crippen LogP contribution >= 0.6 is 23.2 Å². The number of hydrogen-bond acceptors (Lipinski definition) is 3. The minimum Gasteiger partial charge on any atom is -0.321 e. The molecule has 4 nitrogen and oxygen atoms in total. The van der Waals surface area contributed by atoms with Crippen molar-refractivity contribution in [2.75, 3.05) is 5.32 Å². The zero-order chi connectivity index (χ0) is 16.5. The van der Waals surface area contributed by atoms with E-state index in [1.165, 1.54) is 0 Å². The van der Waals surface area contributed by atoms with Gasteiger partial charge >= 0.3 is 6.18 Å². The van der Waals surface area contributed by atoms with E-state index in [1.807, 2.05) is 0 Å². The van der Waals surface area contributed by atoms with Crippen molar-refractivity contribution in [1.82, 2.24) is 9.97 Å². The second-order valence-corrected chi connectivity index (χ2v) is 6.02. The van der Waals surface area contributed by atoms with Crippen LogP contribution in [-0.4, -0.2) is 22.1 Å². The van der Waals surface area contributed by atoms with E-state index < -0.39 is 23.9 Å². The molecule has 0 saturated heterocycles. The number of hydrogen-bond donors (Lipinski definition) is 1. The molecule has 0 unspecified atom stereocenters. The molecule has 122 valence electrons. The van der Waals surface area contributed by atoms with Gasteiger partial charge < -0.3 is 5.32 Å². The van der Waals surface area contributed by atoms with E-state index in [9.17, 15) is 18.0 Å². The van der Waals surface area contributed by atoms with Crippen molar-refractivity contribution in [3.8, 4) is 0 Å². The third-order valence-corrected chi connectivity index (χ3v) is 4.29. The lowest BCUT2D eigenvalue weighted by atomic mass is 9.81. The highest BCUT2D eigenvalue weighted by molar-refractivity contribution is 6.38. The van der Waals surface area contributed by atoms with Crippen LogP contribution in [0.4, 0.5) is 18.9 Å². The number of carbonyl (C=O) groups is 1. The summed E-state index contributed by atoms with van der Waals surface area (Å²) in [6.45, 7) is 1.60. The summed E-state index contributed by atoms with van der Waals surface area (Å²) in [5.74, 6) is -1.87. The molecule has 9 heteroatoms. The van der Waals surface area contributed by atoms with Gasteiger partial charge in [0, 0.05) is 5.92 Å². The number of nitrogens with one attached hydrogen (secondary N) is 1. The highest BCUT2D eigenvalue weighted by Crippen LogP contribution is 2.40. The maximum atomic E-state index is 12.6. The van der Waals surface area contributed by atoms with Gasteiger partial charge in [-0.25, -0.2) is 9.97 Å². The third kappa shape index (κ3) is 4.01. The van der Waals surface area contributed by atoms with Crippen molar-refractivity contribution in [3.05, 3.63) is 16.1 Å². The Morgan fingerprint density at radius 2 is 1.64 bits per heavy atom. The van der Waals surface area contributed by atoms with Crippen LogP contribution in [0.2, 0.25) is 10.3 Å². The van der Waals surface area contributed by atoms with Gasteiger partial charge in [0.25, 0.3) is 0 Å². The molecule has 0 bridgehead atoms. The predicted octanol–water partition coefficient (Wildman–Crippen LogP) is 4.40. The van der Waals surface area contributed by atoms with Gasteiger partial charge in [-0.1, -0.05) is 23.2 Å². The van der Waals surface area contributed by atoms with Crippen molar-refractivity contribution in [2.45, 2.75) is 38.8 Å². The fourth-order valence-electron chi connectivity index (χ4n) is 2.52. The van der Waals surface area contributed by atoms with Crippen molar-refractivity contribution < 1.29 is 18.0 Å². The minimum absolute atomic E-state index is 0.00910. The highest BCUT2D eigenvalue weighted by Gasteiger charge is 2.42. The standard InChI is InChI=1S/C13H14Cl2F3N3O/c1-6-19-10(14)9(11(15)20-6)21-12(22)7-2-4-8(5-3-7)13(16,17)18/h7-8H,2-5H2,1H3,(H,21,22)/t7-,8-. The second kappa shape index (κ2) is 6.58. The summed E-state index contributed by atoms with van der Waals surface area (Å²) < 4.78 is 37.8. The van der Waals surface area contributed by atoms with Gasteiger partial charge in [-0.15, -0.1) is 0 Å². The van der Waals surface area contributed by atoms with Gasteiger partial charge in [0.05, 0.1) is 5.92 Å². The summed E-state index contributed by atoms with van der Waals surface area (Å²) in [7, 11) is 0. The Kier molecular flexibility index (Phi) is 5.17. The number of anilines is 1. The van der Waals surface area contributed by atoms with Gasteiger partial charge in [-0.05, 0) is 32.6 Å². The van der Waals surface area contributed by atoms with Crippen molar-refractivity contribution in [1.29, 1.82) is 0 Å². The van der Waals surface area contributed by atoms with E-state index in [-0.39, 0.29) is 41.7 Å². The van der Waals surface area contributed by atoms with Crippen LogP contribution in [0.3, 0.4) is 0 Å². The average molecular weight is 356 g/mol. The van der Waals surface area contributed by atoms with Crippen LogP contribution in [-0.2, 0) is 4.79 Å². The molecule has 1 aliphatic carbocycles. The molecule has 1 saturated carbocycles. The lowest BCUT2D eigenvalue weighted by Gasteiger charge is -2.29. The summed E-state index contributed by atoms with van der Waals surface area (Å²) in [6, 6.07) is 0. The molecule has 0 aromatic carbocycles. The molecule has 1 amide bonds. The highest BCUT2D eigenvalue weighted by atomic mass is 35.5. The summed E-state index contributed by atoms with van der Waals surface area (Å²) in [6.07, 6.45) is -3.93. The zero-order valence-electron chi connectivity index (χ0n) is 11.7. The fourth-order valence-corrected chi connectivity index (χ4v) is 3.08. The lowest BCUT2D eigenvalue weighted by Crippen LogP contribution is -2.32. The number of alkyl halides is 3. The Labute approximate surface area is 135 Å². The number of amides is 1. The normalized spacial score (nSPS) is 22.5. The largest absolute Gasteiger partial charge is 0.391 e. The average Bonchev–Trinajstić information content (AvgIpc) is 2.41. The Morgan fingerprint density at radius 3 is 2.09 bits per heavy atom. The SMILES string of the molecule is Cc1nc(Cl)c(NC(=O)[C@H]2CC[C@H](C(F)(F)F)CC2)c(Cl)n1. The third-order valence-electron chi connectivity index (χ3n) is 3.74. The monoisotopic (exact) mass is 355 g/mol. The number of rotatable bonds is 2. The van der Waals surface area contributed by atoms with Crippen LogP contribution < -0.4 is 5.32 Å². The molecule has 1 aromatic rings. The van der Waals surface area contributed by atoms with Crippen LogP contribution in [0.1, 0.15) is 31.5 Å². The van der Waals surface area contributed by atoms with Crippen molar-refractivity contribution in [3.63, 3.8) is 0 Å². The summed E-state index contributed by atoms with van der Waals surface area (Å²) in [5.41, 5.74) is 0.0943. The number of aromatic nitrogens is 2. The molecule has 1 aromatic heterocycles. The number of aryl methyl sites for hydroxylation is 1. The molecule has 0 aliphatic heterocycles. The van der Waals surface area contributed by atoms with Gasteiger partial charge in [-0.2, -0.15) is 13.2 Å². The molecule has 1 N–H and O–H groups in total. The lowest BCUT2D eigenvalue weighted by molar-refractivity contribution is -0.184. The summed E-state index contributed by atoms with van der Waals surface area (Å²) in [5, 5.41) is 2.54. The van der Waals surface area contributed by atoms with E-state index in [0.29, 0.717) is 5.82 Å². The summed E-state index contributed by atoms with van der Waals surface area (Å²) in [4.78, 5) is 19.9. The quantitative estimate of drug-likeness (QED) is 0.800. The van der Waals surface area contributed by atoms with E-state index >= 15 is 0 Å². The fraction of sp³-hybridized carbons (Fsp3) is 0.615. The molecule has 0 atom stereocenters. The Bertz CT molecular complexity index is 549. The number of carbonyl (C=O) groups excluding carboxylic acids is 1. The van der Waals surface area contributed by atoms with Crippen LogP contribution in [0, 0.1) is 18.8 Å². The van der Waals surface area contributed by atoms with Crippen LogP contribution in [0.25, 0.3) is 0 Å². The van der Waals surface area contributed by atoms with Gasteiger partial charge in [0.15, 0.2) is 10.3 Å². The molecule has 1 fully saturated rings. The van der Waals surface area contributed by atoms with E-state index in [0.717, 1.165) is 0 Å². The van der Waals surface area contributed by atoms with Gasteiger partial charge in [-0.3, -0.25) is 4.79 Å².